The lowest BCUT2D eigenvalue weighted by Gasteiger charge is -2.22. The summed E-state index contributed by atoms with van der Waals surface area (Å²) < 4.78 is 26.6. The van der Waals surface area contributed by atoms with Crippen molar-refractivity contribution < 1.29 is 8.78 Å². The molecule has 3 N–H and O–H groups in total. The van der Waals surface area contributed by atoms with Crippen molar-refractivity contribution in [2.45, 2.75) is 30.6 Å². The van der Waals surface area contributed by atoms with Gasteiger partial charge < -0.3 is 0 Å². The topological polar surface area (TPSA) is 38.0 Å². The number of thioether (sulfide) groups is 1. The molecule has 1 aromatic carbocycles. The number of nitrogens with one attached hydrogen (secondary N) is 1. The van der Waals surface area contributed by atoms with E-state index in [1.54, 1.807) is 0 Å². The van der Waals surface area contributed by atoms with Gasteiger partial charge in [0, 0.05) is 11.3 Å². The maximum atomic E-state index is 13.5. The Morgan fingerprint density at radius 2 is 2.29 bits per heavy atom. The molecule has 0 bridgehead atoms. The fourth-order valence-corrected chi connectivity index (χ4v) is 3.53. The Kier molecular flexibility index (Phi) is 4.36. The molecule has 17 heavy (non-hydrogen) atoms. The number of rotatable bonds is 4. The highest BCUT2D eigenvalue weighted by molar-refractivity contribution is 8.00. The number of nitrogens with two attached hydrogens (primary N) is 1. The van der Waals surface area contributed by atoms with Crippen molar-refractivity contribution in [1.82, 2.24) is 5.43 Å². The molecule has 1 aromatic rings. The Bertz CT molecular complexity index is 381. The first-order valence-corrected chi connectivity index (χ1v) is 6.77. The molecule has 2 nitrogen and oxygen atoms in total. The van der Waals surface area contributed by atoms with Crippen LogP contribution in [0.1, 0.15) is 18.4 Å². The van der Waals surface area contributed by atoms with Crippen LogP contribution in [0.2, 0.25) is 0 Å². The van der Waals surface area contributed by atoms with E-state index in [0.717, 1.165) is 18.2 Å². The number of hydrogen-bond donors (Lipinski definition) is 2. The molecule has 2 atom stereocenters. The van der Waals surface area contributed by atoms with E-state index in [2.05, 4.69) is 5.43 Å². The fraction of sp³-hybridized carbons (Fsp3) is 0.500. The van der Waals surface area contributed by atoms with Crippen molar-refractivity contribution >= 4 is 11.8 Å². The van der Waals surface area contributed by atoms with Gasteiger partial charge in [0.05, 0.1) is 0 Å². The highest BCUT2D eigenvalue weighted by Gasteiger charge is 2.25. The third-order valence-corrected chi connectivity index (χ3v) is 4.59. The van der Waals surface area contributed by atoms with E-state index in [0.29, 0.717) is 17.2 Å². The number of hydrogen-bond acceptors (Lipinski definition) is 3. The van der Waals surface area contributed by atoms with E-state index < -0.39 is 5.82 Å². The minimum Gasteiger partial charge on any atom is -0.271 e. The van der Waals surface area contributed by atoms with Crippen LogP contribution in [0.25, 0.3) is 0 Å². The van der Waals surface area contributed by atoms with Gasteiger partial charge in [0.1, 0.15) is 11.6 Å². The zero-order chi connectivity index (χ0) is 12.3. The maximum absolute atomic E-state index is 13.5. The largest absolute Gasteiger partial charge is 0.271 e. The van der Waals surface area contributed by atoms with Crippen molar-refractivity contribution in [3.05, 3.63) is 35.4 Å². The average Bonchev–Trinajstić information content (AvgIpc) is 2.84. The first-order valence-electron chi connectivity index (χ1n) is 5.72. The van der Waals surface area contributed by atoms with Crippen LogP contribution < -0.4 is 11.3 Å². The van der Waals surface area contributed by atoms with Crippen LogP contribution in [0.3, 0.4) is 0 Å². The SMILES string of the molecule is NNC(Cc1cc(F)ccc1F)C1CCCS1. The molecule has 0 radical (unpaired) electrons. The molecule has 1 saturated heterocycles. The molecule has 94 valence electrons. The summed E-state index contributed by atoms with van der Waals surface area (Å²) in [6, 6.07) is 3.55. The number of hydrazine groups is 1. The van der Waals surface area contributed by atoms with Crippen molar-refractivity contribution in [1.29, 1.82) is 0 Å². The highest BCUT2D eigenvalue weighted by atomic mass is 32.2. The molecule has 5 heteroatoms. The lowest BCUT2D eigenvalue weighted by atomic mass is 10.0. The molecule has 1 aliphatic rings. The van der Waals surface area contributed by atoms with Crippen molar-refractivity contribution in [3.8, 4) is 0 Å². The molecule has 2 rings (SSSR count). The standard InChI is InChI=1S/C12H16F2N2S/c13-9-3-4-10(14)8(6-9)7-11(16-15)12-2-1-5-17-12/h3-4,6,11-12,16H,1-2,5,7,15H2. The Hall–Kier alpha value is -0.650. The minimum absolute atomic E-state index is 0.00111. The van der Waals surface area contributed by atoms with Gasteiger partial charge in [-0.3, -0.25) is 11.3 Å². The third-order valence-electron chi connectivity index (χ3n) is 3.08. The van der Waals surface area contributed by atoms with Crippen LogP contribution in [-0.2, 0) is 6.42 Å². The van der Waals surface area contributed by atoms with Crippen LogP contribution in [0.4, 0.5) is 8.78 Å². The molecule has 1 fully saturated rings. The fourth-order valence-electron chi connectivity index (χ4n) is 2.15. The second kappa shape index (κ2) is 5.80. The molecular weight excluding hydrogens is 242 g/mol. The Balaban J connectivity index is 2.09. The molecular formula is C12H16F2N2S. The molecule has 0 saturated carbocycles. The first kappa shape index (κ1) is 12.8. The van der Waals surface area contributed by atoms with Gasteiger partial charge in [-0.05, 0) is 48.8 Å². The molecule has 0 aliphatic carbocycles. The van der Waals surface area contributed by atoms with Crippen LogP contribution >= 0.6 is 11.8 Å². The summed E-state index contributed by atoms with van der Waals surface area (Å²) in [5, 5.41) is 0.391. The summed E-state index contributed by atoms with van der Waals surface area (Å²) in [6.07, 6.45) is 2.67. The quantitative estimate of drug-likeness (QED) is 0.642. The second-order valence-corrected chi connectivity index (χ2v) is 5.61. The van der Waals surface area contributed by atoms with Gasteiger partial charge in [-0.15, -0.1) is 0 Å². The van der Waals surface area contributed by atoms with Crippen LogP contribution in [0, 0.1) is 11.6 Å². The molecule has 0 amide bonds. The van der Waals surface area contributed by atoms with Gasteiger partial charge >= 0.3 is 0 Å². The zero-order valence-electron chi connectivity index (χ0n) is 9.46. The van der Waals surface area contributed by atoms with Crippen LogP contribution in [0.5, 0.6) is 0 Å². The summed E-state index contributed by atoms with van der Waals surface area (Å²) in [5.74, 6) is 5.86. The highest BCUT2D eigenvalue weighted by Crippen LogP contribution is 2.30. The van der Waals surface area contributed by atoms with Crippen LogP contribution in [0.15, 0.2) is 18.2 Å². The van der Waals surface area contributed by atoms with Gasteiger partial charge in [0.2, 0.25) is 0 Å². The molecule has 1 aliphatic heterocycles. The van der Waals surface area contributed by atoms with Crippen molar-refractivity contribution in [3.63, 3.8) is 0 Å². The van der Waals surface area contributed by atoms with E-state index in [-0.39, 0.29) is 11.9 Å². The van der Waals surface area contributed by atoms with Crippen molar-refractivity contribution in [2.24, 2.45) is 5.84 Å². The lowest BCUT2D eigenvalue weighted by molar-refractivity contribution is 0.481. The monoisotopic (exact) mass is 258 g/mol. The first-order chi connectivity index (χ1) is 8.20. The average molecular weight is 258 g/mol. The smallest absolute Gasteiger partial charge is 0.126 e. The van der Waals surface area contributed by atoms with E-state index in [9.17, 15) is 8.78 Å². The van der Waals surface area contributed by atoms with Crippen molar-refractivity contribution in [2.75, 3.05) is 5.75 Å². The van der Waals surface area contributed by atoms with E-state index >= 15 is 0 Å². The summed E-state index contributed by atoms with van der Waals surface area (Å²) in [5.41, 5.74) is 3.12. The molecule has 0 spiro atoms. The normalized spacial score (nSPS) is 21.7. The molecule has 2 unspecified atom stereocenters. The summed E-state index contributed by atoms with van der Waals surface area (Å²) in [7, 11) is 0. The Morgan fingerprint density at radius 1 is 1.47 bits per heavy atom. The lowest BCUT2D eigenvalue weighted by Crippen LogP contribution is -2.43. The van der Waals surface area contributed by atoms with E-state index in [1.165, 1.54) is 18.6 Å². The van der Waals surface area contributed by atoms with Gasteiger partial charge in [-0.2, -0.15) is 11.8 Å². The van der Waals surface area contributed by atoms with Gasteiger partial charge in [-0.25, -0.2) is 8.78 Å². The summed E-state index contributed by atoms with van der Waals surface area (Å²) in [4.78, 5) is 0. The Labute approximate surface area is 104 Å². The van der Waals surface area contributed by atoms with Gasteiger partial charge in [0.25, 0.3) is 0 Å². The minimum atomic E-state index is -0.406. The molecule has 0 aromatic heterocycles. The zero-order valence-corrected chi connectivity index (χ0v) is 10.3. The maximum Gasteiger partial charge on any atom is 0.126 e. The third kappa shape index (κ3) is 3.18. The second-order valence-electron chi connectivity index (χ2n) is 4.26. The number of benzene rings is 1. The van der Waals surface area contributed by atoms with Gasteiger partial charge in [0.15, 0.2) is 0 Å². The summed E-state index contributed by atoms with van der Waals surface area (Å²) >= 11 is 1.85. The van der Waals surface area contributed by atoms with Crippen LogP contribution in [-0.4, -0.2) is 17.0 Å². The summed E-state index contributed by atoms with van der Waals surface area (Å²) in [6.45, 7) is 0. The van der Waals surface area contributed by atoms with E-state index in [4.69, 9.17) is 5.84 Å². The van der Waals surface area contributed by atoms with E-state index in [1.807, 2.05) is 11.8 Å². The number of halogens is 2. The molecule has 1 heterocycles. The van der Waals surface area contributed by atoms with Gasteiger partial charge in [-0.1, -0.05) is 0 Å². The predicted molar refractivity (Wildman–Crippen MR) is 66.7 cm³/mol. The Morgan fingerprint density at radius 3 is 2.94 bits per heavy atom. The predicted octanol–water partition coefficient (Wildman–Crippen LogP) is 2.23.